The van der Waals surface area contributed by atoms with Crippen molar-refractivity contribution in [3.05, 3.63) is 35.4 Å². The molecule has 4 amide bonds. The van der Waals surface area contributed by atoms with Crippen LogP contribution in [0.3, 0.4) is 0 Å². The molecule has 8 nitrogen and oxygen atoms in total. The Bertz CT molecular complexity index is 601. The van der Waals surface area contributed by atoms with Crippen LogP contribution in [-0.2, 0) is 16.2 Å². The number of carbonyl (C=O) groups is 3. The van der Waals surface area contributed by atoms with Crippen molar-refractivity contribution in [2.24, 2.45) is 0 Å². The fourth-order valence-corrected chi connectivity index (χ4v) is 1.93. The van der Waals surface area contributed by atoms with E-state index in [0.717, 1.165) is 18.4 Å². The maximum Gasteiger partial charge on any atom is 0.338 e. The third kappa shape index (κ3) is 6.25. The number of benzene rings is 1. The third-order valence-corrected chi connectivity index (χ3v) is 3.30. The van der Waals surface area contributed by atoms with E-state index in [1.807, 2.05) is 6.07 Å². The molecule has 4 N–H and O–H groups in total. The topological polar surface area (TPSA) is 109 Å². The third-order valence-electron chi connectivity index (χ3n) is 3.30. The summed E-state index contributed by atoms with van der Waals surface area (Å²) in [7, 11) is 0. The van der Waals surface area contributed by atoms with Gasteiger partial charge in [0.05, 0.1) is 0 Å². The van der Waals surface area contributed by atoms with E-state index in [-0.39, 0.29) is 25.0 Å². The van der Waals surface area contributed by atoms with Crippen molar-refractivity contribution in [2.45, 2.75) is 32.4 Å². The summed E-state index contributed by atoms with van der Waals surface area (Å²) in [5.41, 5.74) is 3.48. The Labute approximate surface area is 140 Å². The first kappa shape index (κ1) is 17.7. The minimum absolute atomic E-state index is 0.0971. The largest absolute Gasteiger partial charge is 0.350 e. The van der Waals surface area contributed by atoms with Crippen LogP contribution in [0.1, 0.15) is 35.7 Å². The first-order valence-electron chi connectivity index (χ1n) is 7.90. The van der Waals surface area contributed by atoms with Crippen LogP contribution in [0.5, 0.6) is 0 Å². The van der Waals surface area contributed by atoms with E-state index < -0.39 is 6.03 Å². The van der Waals surface area contributed by atoms with Crippen molar-refractivity contribution < 1.29 is 19.2 Å². The highest BCUT2D eigenvalue weighted by molar-refractivity contribution is 5.94. The van der Waals surface area contributed by atoms with Gasteiger partial charge in [-0.1, -0.05) is 12.1 Å². The number of hydroxylamine groups is 1. The highest BCUT2D eigenvalue weighted by Crippen LogP contribution is 2.19. The fourth-order valence-electron chi connectivity index (χ4n) is 1.93. The molecule has 0 spiro atoms. The van der Waals surface area contributed by atoms with Gasteiger partial charge < -0.3 is 16.0 Å². The highest BCUT2D eigenvalue weighted by Gasteiger charge is 2.23. The minimum Gasteiger partial charge on any atom is -0.350 e. The number of rotatable bonds is 8. The van der Waals surface area contributed by atoms with Crippen molar-refractivity contribution in [3.8, 4) is 0 Å². The Kier molecular flexibility index (Phi) is 6.56. The van der Waals surface area contributed by atoms with Crippen LogP contribution >= 0.6 is 0 Å². The summed E-state index contributed by atoms with van der Waals surface area (Å²) in [4.78, 5) is 39.5. The standard InChI is InChI=1S/C16H22N4O4/c1-2-17-16(23)20-24-10-14(21)18-9-11-4-3-5-12(8-11)15(22)19-13-6-7-13/h3-5,8,13H,2,6-7,9-10H2,1H3,(H,18,21)(H,19,22)(H2,17,20,23). The summed E-state index contributed by atoms with van der Waals surface area (Å²) in [6, 6.07) is 6.88. The summed E-state index contributed by atoms with van der Waals surface area (Å²) in [5.74, 6) is -0.472. The van der Waals surface area contributed by atoms with E-state index in [9.17, 15) is 14.4 Å². The van der Waals surface area contributed by atoms with Gasteiger partial charge in [-0.3, -0.25) is 14.4 Å². The van der Waals surface area contributed by atoms with E-state index in [4.69, 9.17) is 4.84 Å². The Morgan fingerprint density at radius 1 is 1.21 bits per heavy atom. The first-order chi connectivity index (χ1) is 11.6. The van der Waals surface area contributed by atoms with Crippen molar-refractivity contribution in [3.63, 3.8) is 0 Å². The van der Waals surface area contributed by atoms with E-state index in [1.165, 1.54) is 0 Å². The van der Waals surface area contributed by atoms with Crippen LogP contribution in [-0.4, -0.2) is 37.0 Å². The Morgan fingerprint density at radius 2 is 2.00 bits per heavy atom. The predicted octanol–water partition coefficient (Wildman–Crippen LogP) is 0.446. The second kappa shape index (κ2) is 8.88. The molecule has 0 atom stereocenters. The van der Waals surface area contributed by atoms with Crippen LogP contribution in [0.25, 0.3) is 0 Å². The molecule has 1 fully saturated rings. The van der Waals surface area contributed by atoms with Gasteiger partial charge in [-0.25, -0.2) is 10.3 Å². The Hall–Kier alpha value is -2.61. The fraction of sp³-hybridized carbons (Fsp3) is 0.438. The second-order valence-corrected chi connectivity index (χ2v) is 5.48. The molecule has 8 heteroatoms. The van der Waals surface area contributed by atoms with Gasteiger partial charge in [0.1, 0.15) is 0 Å². The molecule has 1 aromatic carbocycles. The number of hydrogen-bond donors (Lipinski definition) is 4. The zero-order chi connectivity index (χ0) is 17.4. The molecule has 2 rings (SSSR count). The van der Waals surface area contributed by atoms with Crippen molar-refractivity contribution in [1.82, 2.24) is 21.4 Å². The maximum absolute atomic E-state index is 12.0. The van der Waals surface area contributed by atoms with Gasteiger partial charge in [0.2, 0.25) is 5.91 Å². The second-order valence-electron chi connectivity index (χ2n) is 5.48. The van der Waals surface area contributed by atoms with Gasteiger partial charge in [0, 0.05) is 24.7 Å². The SMILES string of the molecule is CCNC(=O)NOCC(=O)NCc1cccc(C(=O)NC2CC2)c1. The van der Waals surface area contributed by atoms with E-state index in [2.05, 4.69) is 21.4 Å². The zero-order valence-electron chi connectivity index (χ0n) is 13.6. The molecule has 1 aliphatic rings. The van der Waals surface area contributed by atoms with Crippen LogP contribution in [0.4, 0.5) is 4.79 Å². The zero-order valence-corrected chi connectivity index (χ0v) is 13.6. The lowest BCUT2D eigenvalue weighted by molar-refractivity contribution is -0.127. The normalized spacial score (nSPS) is 13.0. The molecule has 0 aliphatic heterocycles. The number of amides is 4. The monoisotopic (exact) mass is 334 g/mol. The number of carbonyl (C=O) groups excluding carboxylic acids is 3. The van der Waals surface area contributed by atoms with Gasteiger partial charge in [-0.05, 0) is 37.5 Å². The van der Waals surface area contributed by atoms with Crippen LogP contribution in [0, 0.1) is 0 Å². The molecule has 1 aromatic rings. The summed E-state index contributed by atoms with van der Waals surface area (Å²) < 4.78 is 0. The van der Waals surface area contributed by atoms with Crippen LogP contribution in [0.2, 0.25) is 0 Å². The van der Waals surface area contributed by atoms with Gasteiger partial charge in [-0.2, -0.15) is 0 Å². The summed E-state index contributed by atoms with van der Waals surface area (Å²) in [5, 5.41) is 8.04. The Balaban J connectivity index is 1.72. The number of nitrogens with one attached hydrogen (secondary N) is 4. The molecular formula is C16H22N4O4. The molecule has 1 aliphatic carbocycles. The lowest BCUT2D eigenvalue weighted by Gasteiger charge is -2.09. The molecule has 130 valence electrons. The summed E-state index contributed by atoms with van der Waals surface area (Å²) in [6.07, 6.45) is 2.07. The Morgan fingerprint density at radius 3 is 2.71 bits per heavy atom. The van der Waals surface area contributed by atoms with Crippen LogP contribution in [0.15, 0.2) is 24.3 Å². The molecule has 0 unspecified atom stereocenters. The summed E-state index contributed by atoms with van der Waals surface area (Å²) >= 11 is 0. The van der Waals surface area contributed by atoms with Crippen molar-refractivity contribution >= 4 is 17.8 Å². The number of hydrogen-bond acceptors (Lipinski definition) is 4. The lowest BCUT2D eigenvalue weighted by Crippen LogP contribution is -2.38. The van der Waals surface area contributed by atoms with E-state index in [0.29, 0.717) is 18.2 Å². The van der Waals surface area contributed by atoms with Gasteiger partial charge in [0.25, 0.3) is 5.91 Å². The summed E-state index contributed by atoms with van der Waals surface area (Å²) in [6.45, 7) is 2.21. The van der Waals surface area contributed by atoms with E-state index >= 15 is 0 Å². The molecule has 1 saturated carbocycles. The first-order valence-corrected chi connectivity index (χ1v) is 7.90. The number of urea groups is 1. The molecule has 0 heterocycles. The maximum atomic E-state index is 12.0. The molecule has 0 radical (unpaired) electrons. The highest BCUT2D eigenvalue weighted by atomic mass is 16.7. The van der Waals surface area contributed by atoms with Gasteiger partial charge in [-0.15, -0.1) is 0 Å². The molecule has 0 saturated heterocycles. The van der Waals surface area contributed by atoms with Crippen molar-refractivity contribution in [2.75, 3.05) is 13.2 Å². The quantitative estimate of drug-likeness (QED) is 0.517. The molecular weight excluding hydrogens is 312 g/mol. The minimum atomic E-state index is -0.500. The molecule has 0 bridgehead atoms. The lowest BCUT2D eigenvalue weighted by atomic mass is 10.1. The van der Waals surface area contributed by atoms with Gasteiger partial charge >= 0.3 is 6.03 Å². The average Bonchev–Trinajstić information content (AvgIpc) is 3.37. The van der Waals surface area contributed by atoms with Crippen LogP contribution < -0.4 is 21.4 Å². The predicted molar refractivity (Wildman–Crippen MR) is 86.9 cm³/mol. The van der Waals surface area contributed by atoms with Crippen molar-refractivity contribution in [1.29, 1.82) is 0 Å². The molecule has 0 aromatic heterocycles. The van der Waals surface area contributed by atoms with Gasteiger partial charge in [0.15, 0.2) is 6.61 Å². The van der Waals surface area contributed by atoms with E-state index in [1.54, 1.807) is 25.1 Å². The molecule has 24 heavy (non-hydrogen) atoms. The average molecular weight is 334 g/mol. The smallest absolute Gasteiger partial charge is 0.338 e.